The van der Waals surface area contributed by atoms with Crippen molar-refractivity contribution in [2.75, 3.05) is 26.2 Å². The van der Waals surface area contributed by atoms with Crippen LogP contribution in [-0.4, -0.2) is 65.9 Å². The van der Waals surface area contributed by atoms with Gasteiger partial charge in [0.05, 0.1) is 23.8 Å². The Morgan fingerprint density at radius 1 is 1.11 bits per heavy atom. The minimum atomic E-state index is -0.339. The quantitative estimate of drug-likeness (QED) is 0.768. The van der Waals surface area contributed by atoms with Gasteiger partial charge in [-0.25, -0.2) is 0 Å². The molecule has 0 aliphatic carbocycles. The van der Waals surface area contributed by atoms with Gasteiger partial charge in [0.25, 0.3) is 17.7 Å². The first-order valence-corrected chi connectivity index (χ1v) is 9.73. The Morgan fingerprint density at radius 3 is 2.61 bits per heavy atom. The van der Waals surface area contributed by atoms with Crippen LogP contribution in [0.25, 0.3) is 0 Å². The number of carbonyl (C=O) groups is 3. The molecule has 1 aromatic rings. The van der Waals surface area contributed by atoms with Gasteiger partial charge in [-0.05, 0) is 50.3 Å². The maximum absolute atomic E-state index is 13.0. The average molecular weight is 408 g/mol. The summed E-state index contributed by atoms with van der Waals surface area (Å²) >= 11 is 0. The van der Waals surface area contributed by atoms with E-state index >= 15 is 0 Å². The number of hydrogen-bond acceptors (Lipinski definition) is 5. The Kier molecular flexibility index (Phi) is 6.37. The van der Waals surface area contributed by atoms with E-state index in [1.54, 1.807) is 23.1 Å². The molecule has 3 aliphatic rings. The van der Waals surface area contributed by atoms with Crippen molar-refractivity contribution in [1.82, 2.24) is 9.80 Å². The van der Waals surface area contributed by atoms with Crippen molar-refractivity contribution < 1.29 is 19.1 Å². The third-order valence-corrected chi connectivity index (χ3v) is 5.79. The Balaban J connectivity index is 0.00000225. The number of likely N-dealkylation sites (tertiary alicyclic amines) is 1. The monoisotopic (exact) mass is 407 g/mol. The molecule has 8 heteroatoms. The van der Waals surface area contributed by atoms with E-state index in [0.717, 1.165) is 32.1 Å². The van der Waals surface area contributed by atoms with E-state index in [9.17, 15) is 14.4 Å². The molecule has 0 bridgehead atoms. The Bertz CT molecular complexity index is 779. The molecule has 3 aliphatic heterocycles. The molecule has 7 nitrogen and oxygen atoms in total. The van der Waals surface area contributed by atoms with Crippen molar-refractivity contribution in [1.29, 1.82) is 0 Å². The van der Waals surface area contributed by atoms with Crippen LogP contribution in [0.15, 0.2) is 18.2 Å². The first-order chi connectivity index (χ1) is 13.1. The summed E-state index contributed by atoms with van der Waals surface area (Å²) in [6.07, 6.45) is 4.64. The summed E-state index contributed by atoms with van der Waals surface area (Å²) in [5.41, 5.74) is 6.94. The molecule has 152 valence electrons. The minimum Gasteiger partial charge on any atom is -0.376 e. The molecule has 2 N–H and O–H groups in total. The van der Waals surface area contributed by atoms with E-state index in [-0.39, 0.29) is 48.8 Å². The fraction of sp³-hybridized carbons (Fsp3) is 0.550. The number of ether oxygens (including phenoxy) is 1. The molecular weight excluding hydrogens is 382 g/mol. The summed E-state index contributed by atoms with van der Waals surface area (Å²) in [5.74, 6) is -0.762. The lowest BCUT2D eigenvalue weighted by atomic mass is 9.99. The van der Waals surface area contributed by atoms with Gasteiger partial charge in [0.15, 0.2) is 0 Å². The van der Waals surface area contributed by atoms with Gasteiger partial charge in [0.1, 0.15) is 0 Å². The highest BCUT2D eigenvalue weighted by Gasteiger charge is 2.38. The highest BCUT2D eigenvalue weighted by atomic mass is 35.5. The second kappa shape index (κ2) is 8.59. The van der Waals surface area contributed by atoms with Crippen LogP contribution in [0, 0.1) is 0 Å². The number of benzene rings is 1. The number of carbonyl (C=O) groups excluding carboxylic acids is 3. The van der Waals surface area contributed by atoms with Crippen LogP contribution >= 0.6 is 12.4 Å². The van der Waals surface area contributed by atoms with Crippen molar-refractivity contribution in [3.63, 3.8) is 0 Å². The largest absolute Gasteiger partial charge is 0.376 e. The van der Waals surface area contributed by atoms with E-state index < -0.39 is 0 Å². The van der Waals surface area contributed by atoms with Crippen LogP contribution in [0.5, 0.6) is 0 Å². The highest BCUT2D eigenvalue weighted by molar-refractivity contribution is 6.22. The number of rotatable bonds is 4. The number of amides is 3. The molecular formula is C20H26ClN3O4. The first-order valence-electron chi connectivity index (χ1n) is 9.73. The van der Waals surface area contributed by atoms with E-state index in [1.165, 1.54) is 4.90 Å². The van der Waals surface area contributed by atoms with Gasteiger partial charge >= 0.3 is 0 Å². The minimum absolute atomic E-state index is 0. The number of hydrogen-bond donors (Lipinski definition) is 1. The zero-order chi connectivity index (χ0) is 19.0. The summed E-state index contributed by atoms with van der Waals surface area (Å²) < 4.78 is 5.56. The van der Waals surface area contributed by atoms with Gasteiger partial charge in [0.2, 0.25) is 0 Å². The van der Waals surface area contributed by atoms with Crippen molar-refractivity contribution >= 4 is 30.1 Å². The first kappa shape index (κ1) is 20.8. The molecule has 4 rings (SSSR count). The molecule has 0 spiro atoms. The lowest BCUT2D eigenvalue weighted by molar-refractivity contribution is 0.0475. The van der Waals surface area contributed by atoms with E-state index in [0.29, 0.717) is 36.4 Å². The van der Waals surface area contributed by atoms with Crippen LogP contribution < -0.4 is 5.73 Å². The lowest BCUT2D eigenvalue weighted by Gasteiger charge is -2.35. The van der Waals surface area contributed by atoms with Crippen molar-refractivity contribution in [3.8, 4) is 0 Å². The zero-order valence-electron chi connectivity index (χ0n) is 15.8. The van der Waals surface area contributed by atoms with Gasteiger partial charge in [-0.3, -0.25) is 19.3 Å². The number of halogens is 1. The number of imide groups is 1. The van der Waals surface area contributed by atoms with E-state index in [1.807, 2.05) is 0 Å². The summed E-state index contributed by atoms with van der Waals surface area (Å²) in [4.78, 5) is 41.4. The molecule has 3 amide bonds. The van der Waals surface area contributed by atoms with Crippen LogP contribution in [0.3, 0.4) is 0 Å². The molecule has 3 heterocycles. The summed E-state index contributed by atoms with van der Waals surface area (Å²) in [7, 11) is 0. The van der Waals surface area contributed by atoms with Gasteiger partial charge in [0, 0.05) is 31.3 Å². The molecule has 1 aromatic carbocycles. The van der Waals surface area contributed by atoms with E-state index in [2.05, 4.69) is 0 Å². The zero-order valence-corrected chi connectivity index (χ0v) is 16.6. The third-order valence-electron chi connectivity index (χ3n) is 5.79. The maximum Gasteiger partial charge on any atom is 0.261 e. The molecule has 2 unspecified atom stereocenters. The molecule has 2 fully saturated rings. The normalized spacial score (nSPS) is 24.3. The van der Waals surface area contributed by atoms with Crippen LogP contribution in [0.1, 0.15) is 63.2 Å². The van der Waals surface area contributed by atoms with Crippen LogP contribution in [0.4, 0.5) is 0 Å². The summed E-state index contributed by atoms with van der Waals surface area (Å²) in [5, 5.41) is 0. The van der Waals surface area contributed by atoms with E-state index in [4.69, 9.17) is 10.5 Å². The van der Waals surface area contributed by atoms with Crippen LogP contribution in [0.2, 0.25) is 0 Å². The number of nitrogens with zero attached hydrogens (tertiary/aromatic N) is 2. The average Bonchev–Trinajstić information content (AvgIpc) is 3.30. The van der Waals surface area contributed by atoms with Gasteiger partial charge in [-0.1, -0.05) is 0 Å². The Hall–Kier alpha value is -1.96. The van der Waals surface area contributed by atoms with Gasteiger partial charge in [-0.15, -0.1) is 12.4 Å². The Labute approximate surface area is 170 Å². The molecule has 2 saturated heterocycles. The molecule has 0 radical (unpaired) electrons. The fourth-order valence-corrected chi connectivity index (χ4v) is 4.26. The predicted octanol–water partition coefficient (Wildman–Crippen LogP) is 1.84. The predicted molar refractivity (Wildman–Crippen MR) is 106 cm³/mol. The second-order valence-electron chi connectivity index (χ2n) is 7.50. The van der Waals surface area contributed by atoms with Crippen LogP contribution in [-0.2, 0) is 4.74 Å². The Morgan fingerprint density at radius 2 is 1.89 bits per heavy atom. The fourth-order valence-electron chi connectivity index (χ4n) is 4.26. The highest BCUT2D eigenvalue weighted by Crippen LogP contribution is 2.27. The van der Waals surface area contributed by atoms with Gasteiger partial charge in [-0.2, -0.15) is 0 Å². The van der Waals surface area contributed by atoms with Crippen molar-refractivity contribution in [2.45, 2.75) is 44.2 Å². The third kappa shape index (κ3) is 3.66. The van der Waals surface area contributed by atoms with Crippen molar-refractivity contribution in [2.24, 2.45) is 5.73 Å². The summed E-state index contributed by atoms with van der Waals surface area (Å²) in [6.45, 7) is 2.06. The lowest BCUT2D eigenvalue weighted by Crippen LogP contribution is -2.47. The smallest absolute Gasteiger partial charge is 0.261 e. The van der Waals surface area contributed by atoms with Gasteiger partial charge < -0.3 is 15.4 Å². The molecule has 0 saturated carbocycles. The number of nitrogens with two attached hydrogens (primary N) is 1. The number of piperidine rings is 1. The second-order valence-corrected chi connectivity index (χ2v) is 7.50. The number of fused-ring (bicyclic) bond motifs is 1. The van der Waals surface area contributed by atoms with Crippen molar-refractivity contribution in [3.05, 3.63) is 34.9 Å². The molecule has 2 atom stereocenters. The topological polar surface area (TPSA) is 92.9 Å². The summed E-state index contributed by atoms with van der Waals surface area (Å²) in [6, 6.07) is 4.84. The molecule has 28 heavy (non-hydrogen) atoms. The molecule has 0 aromatic heterocycles. The SMILES string of the molecule is Cl.NCC1CCCCN1C(=O)c1ccc2c(c1)C(=O)N(CC1CCCO1)C2=O. The maximum atomic E-state index is 13.0. The standard InChI is InChI=1S/C20H25N3O4.ClH/c21-11-14-4-1-2-8-22(14)18(24)13-6-7-16-17(10-13)20(26)23(19(16)25)12-15-5-3-9-27-15;/h6-7,10,14-15H,1-5,8-9,11-12,21H2;1H.